The van der Waals surface area contributed by atoms with Crippen molar-refractivity contribution in [1.82, 2.24) is 20.6 Å². The zero-order chi connectivity index (χ0) is 27.0. The van der Waals surface area contributed by atoms with Crippen LogP contribution in [-0.4, -0.2) is 39.1 Å². The lowest BCUT2D eigenvalue weighted by Crippen LogP contribution is -2.32. The number of alkyl halides is 2. The Morgan fingerprint density at radius 3 is 1.60 bits per heavy atom. The number of amides is 2. The summed E-state index contributed by atoms with van der Waals surface area (Å²) < 4.78 is 35.9. The summed E-state index contributed by atoms with van der Waals surface area (Å²) >= 11 is 2.41. The van der Waals surface area contributed by atoms with Gasteiger partial charge in [-0.05, 0) is 41.5 Å². The number of hydrogen-bond acceptors (Lipinski definition) is 9. The van der Waals surface area contributed by atoms with Gasteiger partial charge in [0, 0.05) is 24.6 Å². The van der Waals surface area contributed by atoms with E-state index in [-0.39, 0.29) is 24.6 Å². The fourth-order valence-corrected chi connectivity index (χ4v) is 3.66. The molecular weight excluding hydrogens is 502 g/mol. The number of Topliss-reactive ketones (excluding diaryl/α,β-unsaturated/α-hetero) is 1. The zero-order valence-corrected chi connectivity index (χ0v) is 22.7. The standard InChI is InChI=1S/C11H16F2N2O2S.C11H16N2O3S/c1-10(2,3)17-9(16)14-5-8-15-7(6-18-8)11(4,12)13;1-7(14)8-6-17-9(13-8)5-12-10(15)16-11(2,3)4/h6H,5H2,1-4H3,(H,14,16);6H,5H2,1-4H3,(H,12,15). The summed E-state index contributed by atoms with van der Waals surface area (Å²) in [6.45, 7) is 13.2. The molecule has 2 amide bonds. The Bertz CT molecular complexity index is 1000. The first-order valence-corrected chi connectivity index (χ1v) is 12.3. The minimum Gasteiger partial charge on any atom is -0.444 e. The summed E-state index contributed by atoms with van der Waals surface area (Å²) in [4.78, 5) is 41.5. The minimum absolute atomic E-state index is 0.0789. The number of alkyl carbamates (subject to hydrolysis) is 2. The summed E-state index contributed by atoms with van der Waals surface area (Å²) in [5.74, 6) is -3.04. The van der Waals surface area contributed by atoms with Crippen LogP contribution < -0.4 is 10.6 Å². The lowest BCUT2D eigenvalue weighted by Gasteiger charge is -2.19. The summed E-state index contributed by atoms with van der Waals surface area (Å²) in [5.41, 5.74) is -0.962. The van der Waals surface area contributed by atoms with Gasteiger partial charge in [0.15, 0.2) is 5.78 Å². The van der Waals surface area contributed by atoms with Crippen LogP contribution in [0.15, 0.2) is 10.8 Å². The molecule has 0 saturated heterocycles. The third kappa shape index (κ3) is 13.1. The Labute approximate surface area is 211 Å². The quantitative estimate of drug-likeness (QED) is 0.460. The van der Waals surface area contributed by atoms with Gasteiger partial charge in [0.25, 0.3) is 5.92 Å². The molecule has 0 spiro atoms. The molecule has 35 heavy (non-hydrogen) atoms. The monoisotopic (exact) mass is 534 g/mol. The molecule has 2 aromatic heterocycles. The molecule has 0 fully saturated rings. The van der Waals surface area contributed by atoms with Gasteiger partial charge in [0.05, 0.1) is 13.1 Å². The average Bonchev–Trinajstić information content (AvgIpc) is 3.32. The second-order valence-electron chi connectivity index (χ2n) is 9.41. The van der Waals surface area contributed by atoms with Crippen molar-refractivity contribution >= 4 is 40.6 Å². The van der Waals surface area contributed by atoms with E-state index in [9.17, 15) is 23.2 Å². The van der Waals surface area contributed by atoms with Crippen LogP contribution >= 0.6 is 22.7 Å². The first-order valence-electron chi connectivity index (χ1n) is 10.6. The van der Waals surface area contributed by atoms with Gasteiger partial charge >= 0.3 is 12.2 Å². The second kappa shape index (κ2) is 12.3. The van der Waals surface area contributed by atoms with Gasteiger partial charge in [0.2, 0.25) is 0 Å². The van der Waals surface area contributed by atoms with Crippen molar-refractivity contribution in [3.63, 3.8) is 0 Å². The molecule has 0 atom stereocenters. The van der Waals surface area contributed by atoms with Crippen LogP contribution in [0, 0.1) is 0 Å². The van der Waals surface area contributed by atoms with Crippen molar-refractivity contribution < 1.29 is 32.6 Å². The predicted molar refractivity (Wildman–Crippen MR) is 130 cm³/mol. The molecule has 2 heterocycles. The van der Waals surface area contributed by atoms with E-state index in [2.05, 4.69) is 20.6 Å². The highest BCUT2D eigenvalue weighted by molar-refractivity contribution is 7.10. The van der Waals surface area contributed by atoms with E-state index in [1.165, 1.54) is 23.6 Å². The number of hydrogen-bond donors (Lipinski definition) is 2. The molecule has 0 unspecified atom stereocenters. The van der Waals surface area contributed by atoms with Gasteiger partial charge in [-0.2, -0.15) is 8.78 Å². The van der Waals surface area contributed by atoms with Crippen molar-refractivity contribution in [2.24, 2.45) is 0 Å². The van der Waals surface area contributed by atoms with Crippen LogP contribution in [-0.2, 0) is 28.5 Å². The van der Waals surface area contributed by atoms with E-state index < -0.39 is 29.3 Å². The largest absolute Gasteiger partial charge is 0.444 e. The smallest absolute Gasteiger partial charge is 0.408 e. The van der Waals surface area contributed by atoms with E-state index in [1.54, 1.807) is 46.9 Å². The van der Waals surface area contributed by atoms with Gasteiger partial charge in [-0.15, -0.1) is 22.7 Å². The van der Waals surface area contributed by atoms with Gasteiger partial charge in [-0.3, -0.25) is 4.79 Å². The molecule has 0 saturated carbocycles. The third-order valence-corrected chi connectivity index (χ3v) is 5.18. The van der Waals surface area contributed by atoms with Gasteiger partial charge in [-0.25, -0.2) is 19.6 Å². The number of ether oxygens (including phenoxy) is 2. The number of aromatic nitrogens is 2. The fourth-order valence-electron chi connectivity index (χ4n) is 2.07. The van der Waals surface area contributed by atoms with Crippen molar-refractivity contribution in [3.8, 4) is 0 Å². The maximum atomic E-state index is 12.9. The Kier molecular flexibility index (Phi) is 10.7. The SMILES string of the molecule is CC(=O)c1csc(CNC(=O)OC(C)(C)C)n1.CC(C)(C)OC(=O)NCc1nc(C(C)(F)F)cs1. The molecule has 0 aromatic carbocycles. The minimum atomic E-state index is -2.96. The van der Waals surface area contributed by atoms with E-state index in [4.69, 9.17) is 9.47 Å². The highest BCUT2D eigenvalue weighted by Crippen LogP contribution is 2.27. The molecule has 0 aliphatic rings. The van der Waals surface area contributed by atoms with Crippen molar-refractivity contribution in [3.05, 3.63) is 32.2 Å². The van der Waals surface area contributed by atoms with E-state index in [0.717, 1.165) is 18.3 Å². The van der Waals surface area contributed by atoms with Crippen LogP contribution in [0.4, 0.5) is 18.4 Å². The van der Waals surface area contributed by atoms with E-state index >= 15 is 0 Å². The predicted octanol–water partition coefficient (Wildman–Crippen LogP) is 5.65. The lowest BCUT2D eigenvalue weighted by atomic mass is 10.2. The van der Waals surface area contributed by atoms with Crippen LogP contribution in [0.1, 0.15) is 81.6 Å². The number of rotatable bonds is 6. The Morgan fingerprint density at radius 2 is 1.26 bits per heavy atom. The first kappa shape index (κ1) is 30.4. The summed E-state index contributed by atoms with van der Waals surface area (Å²) in [6, 6.07) is 0. The number of nitrogens with zero attached hydrogens (tertiary/aromatic N) is 2. The molecule has 2 N–H and O–H groups in total. The van der Waals surface area contributed by atoms with Crippen LogP contribution in [0.2, 0.25) is 0 Å². The molecule has 9 nitrogen and oxygen atoms in total. The molecule has 0 aliphatic heterocycles. The Hall–Kier alpha value is -2.67. The fraction of sp³-hybridized carbons (Fsp3) is 0.591. The third-order valence-electron chi connectivity index (χ3n) is 3.48. The van der Waals surface area contributed by atoms with Crippen molar-refractivity contribution in [2.75, 3.05) is 0 Å². The molecule has 2 rings (SSSR count). The maximum absolute atomic E-state index is 12.9. The van der Waals surface area contributed by atoms with Crippen LogP contribution in [0.3, 0.4) is 0 Å². The second-order valence-corrected chi connectivity index (χ2v) is 11.3. The molecule has 0 aliphatic carbocycles. The summed E-state index contributed by atoms with van der Waals surface area (Å²) in [5, 5.41) is 9.10. The molecule has 196 valence electrons. The number of thiazole rings is 2. The van der Waals surface area contributed by atoms with Crippen molar-refractivity contribution in [2.45, 2.75) is 85.6 Å². The molecule has 0 bridgehead atoms. The van der Waals surface area contributed by atoms with E-state index in [0.29, 0.717) is 15.7 Å². The molecule has 0 radical (unpaired) electrons. The number of ketones is 1. The number of carbonyl (C=O) groups excluding carboxylic acids is 3. The van der Waals surface area contributed by atoms with Crippen LogP contribution in [0.5, 0.6) is 0 Å². The Morgan fingerprint density at radius 1 is 0.829 bits per heavy atom. The molecular formula is C22H32F2N4O5S2. The van der Waals surface area contributed by atoms with Gasteiger partial charge < -0.3 is 20.1 Å². The first-order chi connectivity index (χ1) is 15.9. The zero-order valence-electron chi connectivity index (χ0n) is 21.1. The highest BCUT2D eigenvalue weighted by Gasteiger charge is 2.27. The summed E-state index contributed by atoms with van der Waals surface area (Å²) in [6.07, 6.45) is -1.08. The van der Waals surface area contributed by atoms with Gasteiger partial charge in [0.1, 0.15) is 32.6 Å². The van der Waals surface area contributed by atoms with E-state index in [1.807, 2.05) is 0 Å². The lowest BCUT2D eigenvalue weighted by molar-refractivity contribution is 0.0132. The van der Waals surface area contributed by atoms with Crippen LogP contribution in [0.25, 0.3) is 0 Å². The molecule has 2 aromatic rings. The Balaban J connectivity index is 0.000000351. The topological polar surface area (TPSA) is 120 Å². The maximum Gasteiger partial charge on any atom is 0.408 e. The molecule has 13 heteroatoms. The number of carbonyl (C=O) groups is 3. The average molecular weight is 535 g/mol. The normalized spacial score (nSPS) is 11.7. The van der Waals surface area contributed by atoms with Crippen molar-refractivity contribution in [1.29, 1.82) is 0 Å². The number of halogens is 2. The summed E-state index contributed by atoms with van der Waals surface area (Å²) in [7, 11) is 0. The number of nitrogens with one attached hydrogen (secondary N) is 2. The highest BCUT2D eigenvalue weighted by atomic mass is 32.1. The van der Waals surface area contributed by atoms with Gasteiger partial charge in [-0.1, -0.05) is 0 Å².